The van der Waals surface area contributed by atoms with E-state index < -0.39 is 15.5 Å². The van der Waals surface area contributed by atoms with Crippen LogP contribution in [0.2, 0.25) is 0 Å². The molecule has 148 valence electrons. The summed E-state index contributed by atoms with van der Waals surface area (Å²) >= 11 is 0. The van der Waals surface area contributed by atoms with Crippen LogP contribution in [0.3, 0.4) is 0 Å². The minimum absolute atomic E-state index is 0. The number of sulfonamides is 1. The number of halogens is 1. The van der Waals surface area contributed by atoms with Gasteiger partial charge in [0.15, 0.2) is 0 Å². The summed E-state index contributed by atoms with van der Waals surface area (Å²) < 4.78 is 33.7. The summed E-state index contributed by atoms with van der Waals surface area (Å²) in [6.07, 6.45) is 3.49. The number of anilines is 2. The van der Waals surface area contributed by atoms with Crippen molar-refractivity contribution in [2.24, 2.45) is 0 Å². The predicted molar refractivity (Wildman–Crippen MR) is 113 cm³/mol. The Morgan fingerprint density at radius 1 is 1.00 bits per heavy atom. The van der Waals surface area contributed by atoms with Gasteiger partial charge in [0.25, 0.3) is 10.0 Å². The number of rotatable bonds is 8. The first-order valence-electron chi connectivity index (χ1n) is 9.20. The van der Waals surface area contributed by atoms with E-state index in [-0.39, 0.29) is 12.4 Å². The van der Waals surface area contributed by atoms with E-state index in [1.54, 1.807) is 6.07 Å². The zero-order valence-electron chi connectivity index (χ0n) is 15.5. The molecule has 1 heterocycles. The van der Waals surface area contributed by atoms with Crippen LogP contribution < -0.4 is 14.4 Å². The number of nitrogens with zero attached hydrogens (tertiary/aromatic N) is 1. The second-order valence-electron chi connectivity index (χ2n) is 6.41. The summed E-state index contributed by atoms with van der Waals surface area (Å²) in [5, 5.41) is 3.35. The van der Waals surface area contributed by atoms with Gasteiger partial charge in [-0.3, -0.25) is 0 Å². The van der Waals surface area contributed by atoms with Crippen LogP contribution in [0, 0.1) is 0 Å². The number of hydrogen-bond acceptors (Lipinski definition) is 4. The zero-order valence-corrected chi connectivity index (χ0v) is 17.1. The van der Waals surface area contributed by atoms with Gasteiger partial charge in [0, 0.05) is 6.42 Å². The van der Waals surface area contributed by atoms with E-state index in [9.17, 15) is 8.42 Å². The highest BCUT2D eigenvalue weighted by molar-refractivity contribution is 7.93. The Hall–Kier alpha value is -1.76. The minimum atomic E-state index is -3.64. The Morgan fingerprint density at radius 3 is 2.41 bits per heavy atom. The van der Waals surface area contributed by atoms with E-state index in [4.69, 9.17) is 4.74 Å². The molecule has 27 heavy (non-hydrogen) atoms. The Kier molecular flexibility index (Phi) is 7.95. The van der Waals surface area contributed by atoms with Crippen LogP contribution in [-0.4, -0.2) is 26.9 Å². The zero-order chi connectivity index (χ0) is 18.4. The lowest BCUT2D eigenvalue weighted by atomic mass is 10.2. The van der Waals surface area contributed by atoms with Crippen molar-refractivity contribution in [2.45, 2.75) is 38.0 Å². The summed E-state index contributed by atoms with van der Waals surface area (Å²) in [5.41, 5.74) is 0.330. The average molecular weight is 411 g/mol. The third-order valence-corrected chi connectivity index (χ3v) is 6.33. The van der Waals surface area contributed by atoms with Gasteiger partial charge in [-0.05, 0) is 50.2 Å². The molecule has 1 unspecified atom stereocenters. The third-order valence-electron chi connectivity index (χ3n) is 4.42. The molecule has 0 radical (unpaired) electrons. The highest BCUT2D eigenvalue weighted by Crippen LogP contribution is 2.42. The first-order chi connectivity index (χ1) is 12.6. The van der Waals surface area contributed by atoms with Crippen LogP contribution >= 0.6 is 12.4 Å². The first-order valence-corrected chi connectivity index (χ1v) is 10.7. The molecule has 0 fully saturated rings. The number of fused-ring (bicyclic) bond motifs is 1. The van der Waals surface area contributed by atoms with Gasteiger partial charge in [-0.1, -0.05) is 43.7 Å². The van der Waals surface area contributed by atoms with E-state index >= 15 is 0 Å². The van der Waals surface area contributed by atoms with Crippen molar-refractivity contribution < 1.29 is 13.2 Å². The Bertz CT molecular complexity index is 815. The third kappa shape index (κ3) is 4.94. The highest BCUT2D eigenvalue weighted by Gasteiger charge is 2.40. The van der Waals surface area contributed by atoms with Crippen molar-refractivity contribution in [3.63, 3.8) is 0 Å². The Balaban J connectivity index is 0.00000261. The molecule has 0 aromatic heterocycles. The fraction of sp³-hybridized carbons (Fsp3) is 0.400. The molecule has 1 aliphatic heterocycles. The van der Waals surface area contributed by atoms with Crippen molar-refractivity contribution in [1.82, 2.24) is 5.32 Å². The molecule has 1 atom stereocenters. The molecular formula is C20H27ClN2O3S. The molecular weight excluding hydrogens is 384 g/mol. The Labute approximate surface area is 168 Å². The van der Waals surface area contributed by atoms with Crippen LogP contribution in [0.5, 0.6) is 5.75 Å². The highest BCUT2D eigenvalue weighted by atomic mass is 35.5. The van der Waals surface area contributed by atoms with Crippen LogP contribution in [0.1, 0.15) is 32.6 Å². The van der Waals surface area contributed by atoms with Crippen molar-refractivity contribution >= 4 is 33.8 Å². The van der Waals surface area contributed by atoms with Gasteiger partial charge in [0.2, 0.25) is 5.44 Å². The molecule has 0 aliphatic carbocycles. The normalized spacial score (nSPS) is 17.5. The fourth-order valence-corrected chi connectivity index (χ4v) is 4.82. The lowest BCUT2D eigenvalue weighted by Gasteiger charge is -2.35. The first kappa shape index (κ1) is 21.5. The standard InChI is InChI=1S/C20H26N2O3S.ClH/c1-2-3-15-21-16-9-14-20-25-19-13-8-7-12-18(19)22(26(20,23)24)17-10-5-4-6-11-17;/h4-8,10-13,20-21H,2-3,9,14-16H2,1H3;1H. The van der Waals surface area contributed by atoms with Gasteiger partial charge >= 0.3 is 0 Å². The summed E-state index contributed by atoms with van der Waals surface area (Å²) in [6.45, 7) is 3.91. The number of nitrogens with one attached hydrogen (secondary N) is 1. The fourth-order valence-electron chi connectivity index (χ4n) is 3.06. The summed E-state index contributed by atoms with van der Waals surface area (Å²) in [5.74, 6) is 0.607. The summed E-state index contributed by atoms with van der Waals surface area (Å²) in [4.78, 5) is 0. The lowest BCUT2D eigenvalue weighted by Crippen LogP contribution is -2.43. The van der Waals surface area contributed by atoms with Crippen molar-refractivity contribution in [2.75, 3.05) is 17.4 Å². The quantitative estimate of drug-likeness (QED) is 0.652. The molecule has 1 N–H and O–H groups in total. The molecule has 3 rings (SSSR count). The second-order valence-corrected chi connectivity index (χ2v) is 8.33. The molecule has 0 saturated heterocycles. The van der Waals surface area contributed by atoms with Gasteiger partial charge in [-0.15, -0.1) is 12.4 Å². The van der Waals surface area contributed by atoms with Crippen molar-refractivity contribution in [3.05, 3.63) is 54.6 Å². The van der Waals surface area contributed by atoms with Gasteiger partial charge in [0.05, 0.1) is 11.4 Å². The van der Waals surface area contributed by atoms with Crippen molar-refractivity contribution in [3.8, 4) is 5.75 Å². The predicted octanol–water partition coefficient (Wildman–Crippen LogP) is 4.46. The number of para-hydroxylation sites is 3. The molecule has 0 amide bonds. The molecule has 0 bridgehead atoms. The molecule has 5 nitrogen and oxygen atoms in total. The minimum Gasteiger partial charge on any atom is -0.470 e. The number of unbranched alkanes of at least 4 members (excludes halogenated alkanes) is 1. The molecule has 7 heteroatoms. The van der Waals surface area contributed by atoms with Crippen LogP contribution in [0.4, 0.5) is 11.4 Å². The monoisotopic (exact) mass is 410 g/mol. The van der Waals surface area contributed by atoms with Crippen molar-refractivity contribution in [1.29, 1.82) is 0 Å². The molecule has 1 aliphatic rings. The second kappa shape index (κ2) is 9.97. The molecule has 0 spiro atoms. The SMILES string of the molecule is CCCCNCCCC1Oc2ccccc2N(c2ccccc2)S1(=O)=O.Cl. The smallest absolute Gasteiger partial charge is 0.277 e. The van der Waals surface area contributed by atoms with Crippen LogP contribution in [0.25, 0.3) is 0 Å². The summed E-state index contributed by atoms with van der Waals surface area (Å²) in [6, 6.07) is 16.5. The topological polar surface area (TPSA) is 58.6 Å². The maximum Gasteiger partial charge on any atom is 0.277 e. The number of ether oxygens (including phenoxy) is 1. The summed E-state index contributed by atoms with van der Waals surface area (Å²) in [7, 11) is -3.64. The largest absolute Gasteiger partial charge is 0.470 e. The van der Waals surface area contributed by atoms with E-state index in [0.717, 1.165) is 32.4 Å². The van der Waals surface area contributed by atoms with E-state index in [0.29, 0.717) is 23.5 Å². The van der Waals surface area contributed by atoms with E-state index in [2.05, 4.69) is 12.2 Å². The number of hydrogen-bond donors (Lipinski definition) is 1. The van der Waals surface area contributed by atoms with Crippen LogP contribution in [-0.2, 0) is 10.0 Å². The van der Waals surface area contributed by atoms with Crippen LogP contribution in [0.15, 0.2) is 54.6 Å². The lowest BCUT2D eigenvalue weighted by molar-refractivity contribution is 0.254. The van der Waals surface area contributed by atoms with Gasteiger partial charge in [-0.2, -0.15) is 0 Å². The maximum absolute atomic E-state index is 13.2. The van der Waals surface area contributed by atoms with Gasteiger partial charge < -0.3 is 10.1 Å². The van der Waals surface area contributed by atoms with Gasteiger partial charge in [0.1, 0.15) is 5.75 Å². The Morgan fingerprint density at radius 2 is 1.67 bits per heavy atom. The van der Waals surface area contributed by atoms with E-state index in [1.807, 2.05) is 48.5 Å². The van der Waals surface area contributed by atoms with Gasteiger partial charge in [-0.25, -0.2) is 12.7 Å². The molecule has 2 aromatic carbocycles. The molecule has 2 aromatic rings. The number of benzene rings is 2. The molecule has 0 saturated carbocycles. The van der Waals surface area contributed by atoms with E-state index in [1.165, 1.54) is 4.31 Å². The average Bonchev–Trinajstić information content (AvgIpc) is 2.65. The maximum atomic E-state index is 13.2.